The highest BCUT2D eigenvalue weighted by molar-refractivity contribution is 9.10. The predicted molar refractivity (Wildman–Crippen MR) is 126 cm³/mol. The first-order valence-electron chi connectivity index (χ1n) is 9.91. The minimum Gasteiger partial charge on any atom is -0.342 e. The fourth-order valence-electron chi connectivity index (χ4n) is 3.23. The van der Waals surface area contributed by atoms with E-state index in [0.717, 1.165) is 14.6 Å². The van der Waals surface area contributed by atoms with Crippen molar-refractivity contribution in [2.75, 3.05) is 11.9 Å². The molecule has 0 fully saturated rings. The highest BCUT2D eigenvalue weighted by Crippen LogP contribution is 2.20. The van der Waals surface area contributed by atoms with Gasteiger partial charge in [-0.2, -0.15) is 0 Å². The number of hydrogen-bond acceptors (Lipinski definition) is 4. The zero-order chi connectivity index (χ0) is 23.3. The summed E-state index contributed by atoms with van der Waals surface area (Å²) in [7, 11) is 1.64. The number of nitrogens with one attached hydrogen (secondary N) is 2. The molecule has 2 aromatic carbocycles. The quantitative estimate of drug-likeness (QED) is 0.519. The topological polar surface area (TPSA) is 104 Å². The number of hydrogen-bond donors (Lipinski definition) is 2. The van der Waals surface area contributed by atoms with E-state index in [2.05, 4.69) is 26.2 Å². The van der Waals surface area contributed by atoms with Crippen LogP contribution in [0.5, 0.6) is 0 Å². The molecule has 3 rings (SSSR count). The fourth-order valence-corrected chi connectivity index (χ4v) is 3.61. The molecule has 166 valence electrons. The van der Waals surface area contributed by atoms with Crippen LogP contribution in [-0.2, 0) is 22.6 Å². The van der Waals surface area contributed by atoms with Crippen LogP contribution in [0.25, 0.3) is 0 Å². The van der Waals surface area contributed by atoms with Crippen LogP contribution < -0.4 is 21.5 Å². The summed E-state index contributed by atoms with van der Waals surface area (Å²) in [5, 5.41) is 2.75. The Balaban J connectivity index is 1.83. The van der Waals surface area contributed by atoms with Crippen molar-refractivity contribution in [3.63, 3.8) is 0 Å². The van der Waals surface area contributed by atoms with E-state index in [1.807, 2.05) is 48.5 Å². The van der Waals surface area contributed by atoms with E-state index in [9.17, 15) is 19.2 Å². The fraction of sp³-hybridized carbons (Fsp3) is 0.217. The van der Waals surface area contributed by atoms with Crippen LogP contribution in [0, 0.1) is 6.92 Å². The summed E-state index contributed by atoms with van der Waals surface area (Å²) < 4.78 is 1.93. The highest BCUT2D eigenvalue weighted by Gasteiger charge is 2.25. The molecule has 1 aromatic heterocycles. The molecule has 3 aromatic rings. The monoisotopic (exact) mass is 498 g/mol. The van der Waals surface area contributed by atoms with Crippen LogP contribution in [0.4, 0.5) is 5.69 Å². The van der Waals surface area contributed by atoms with E-state index in [0.29, 0.717) is 11.3 Å². The molecule has 0 spiro atoms. The number of aryl methyl sites for hydroxylation is 1. The van der Waals surface area contributed by atoms with Crippen LogP contribution in [0.15, 0.2) is 74.9 Å². The number of carbonyl (C=O) groups is 2. The van der Waals surface area contributed by atoms with Gasteiger partial charge in [-0.1, -0.05) is 52.3 Å². The van der Waals surface area contributed by atoms with Crippen molar-refractivity contribution in [1.29, 1.82) is 0 Å². The lowest BCUT2D eigenvalue weighted by Crippen LogP contribution is -2.50. The molecule has 0 saturated heterocycles. The van der Waals surface area contributed by atoms with Gasteiger partial charge in [0.1, 0.15) is 12.6 Å². The summed E-state index contributed by atoms with van der Waals surface area (Å²) >= 11 is 3.40. The van der Waals surface area contributed by atoms with Crippen molar-refractivity contribution in [3.8, 4) is 0 Å². The molecule has 0 bridgehead atoms. The number of nitrogens with zero attached hydrogens (tertiary/aromatic N) is 2. The average Bonchev–Trinajstić information content (AvgIpc) is 2.76. The lowest BCUT2D eigenvalue weighted by atomic mass is 10.0. The smallest absolute Gasteiger partial charge is 0.328 e. The van der Waals surface area contributed by atoms with Gasteiger partial charge in [0.15, 0.2) is 0 Å². The van der Waals surface area contributed by atoms with Gasteiger partial charge in [0.05, 0.1) is 0 Å². The number of halogens is 1. The summed E-state index contributed by atoms with van der Waals surface area (Å²) in [5.41, 5.74) is 0.672. The summed E-state index contributed by atoms with van der Waals surface area (Å²) in [6.45, 7) is 1.22. The molecule has 2 amide bonds. The van der Waals surface area contributed by atoms with Gasteiger partial charge >= 0.3 is 5.69 Å². The molecule has 2 N–H and O–H groups in total. The van der Waals surface area contributed by atoms with Crippen molar-refractivity contribution in [3.05, 3.63) is 97.2 Å². The third kappa shape index (κ3) is 5.82. The molecule has 0 radical (unpaired) electrons. The number of amides is 2. The van der Waals surface area contributed by atoms with Crippen molar-refractivity contribution >= 4 is 33.4 Å². The Labute approximate surface area is 193 Å². The number of rotatable bonds is 7. The Morgan fingerprint density at radius 2 is 1.84 bits per heavy atom. The van der Waals surface area contributed by atoms with Gasteiger partial charge in [-0.25, -0.2) is 4.79 Å². The standard InChI is InChI=1S/C23H23BrN4O4/c1-15-13-28(23(32)26-21(15)30)14-20(29)25-19(11-16-7-4-3-5-8-16)22(31)27(2)18-10-6-9-17(24)12-18/h3-10,12-13,19H,11,14H2,1-2H3,(H,25,29)(H,26,30,32)/t19-/m0/s1. The van der Waals surface area contributed by atoms with E-state index in [4.69, 9.17) is 0 Å². The second-order valence-corrected chi connectivity index (χ2v) is 8.30. The molecule has 0 aliphatic rings. The van der Waals surface area contributed by atoms with Crippen LogP contribution in [0.3, 0.4) is 0 Å². The Morgan fingerprint density at radius 3 is 2.53 bits per heavy atom. The van der Waals surface area contributed by atoms with Gasteiger partial charge in [0, 0.05) is 35.4 Å². The van der Waals surface area contributed by atoms with Crippen molar-refractivity contribution < 1.29 is 9.59 Å². The van der Waals surface area contributed by atoms with Gasteiger partial charge < -0.3 is 10.2 Å². The maximum atomic E-state index is 13.3. The first kappa shape index (κ1) is 23.2. The predicted octanol–water partition coefficient (Wildman–Crippen LogP) is 2.00. The Kier molecular flexibility index (Phi) is 7.42. The van der Waals surface area contributed by atoms with Crippen LogP contribution in [0.2, 0.25) is 0 Å². The number of aromatic nitrogens is 2. The molecule has 0 aliphatic heterocycles. The third-order valence-corrected chi connectivity index (χ3v) is 5.44. The molecule has 1 heterocycles. The number of anilines is 1. The normalized spacial score (nSPS) is 11.6. The molecule has 9 heteroatoms. The SMILES string of the molecule is Cc1cn(CC(=O)N[C@@H](Cc2ccccc2)C(=O)N(C)c2cccc(Br)c2)c(=O)[nH]c1=O. The molecular weight excluding hydrogens is 476 g/mol. The van der Waals surface area contributed by atoms with Crippen LogP contribution in [0.1, 0.15) is 11.1 Å². The number of carbonyl (C=O) groups excluding carboxylic acids is 2. The second-order valence-electron chi connectivity index (χ2n) is 7.39. The number of likely N-dealkylation sites (N-methyl/N-ethyl adjacent to an activating group) is 1. The lowest BCUT2D eigenvalue weighted by molar-refractivity contribution is -0.127. The van der Waals surface area contributed by atoms with Crippen molar-refractivity contribution in [1.82, 2.24) is 14.9 Å². The number of benzene rings is 2. The number of H-pyrrole nitrogens is 1. The molecule has 1 atom stereocenters. The first-order chi connectivity index (χ1) is 15.2. The van der Waals surface area contributed by atoms with Gasteiger partial charge in [0.2, 0.25) is 11.8 Å². The van der Waals surface area contributed by atoms with Gasteiger partial charge in [-0.05, 0) is 30.7 Å². The zero-order valence-corrected chi connectivity index (χ0v) is 19.3. The molecule has 0 aliphatic carbocycles. The largest absolute Gasteiger partial charge is 0.342 e. The zero-order valence-electron chi connectivity index (χ0n) is 17.7. The van der Waals surface area contributed by atoms with Crippen LogP contribution >= 0.6 is 15.9 Å². The van der Waals surface area contributed by atoms with Crippen molar-refractivity contribution in [2.45, 2.75) is 25.9 Å². The Hall–Kier alpha value is -3.46. The highest BCUT2D eigenvalue weighted by atomic mass is 79.9. The van der Waals surface area contributed by atoms with Crippen molar-refractivity contribution in [2.24, 2.45) is 0 Å². The minimum absolute atomic E-state index is 0.281. The summed E-state index contributed by atoms with van der Waals surface area (Å²) in [5.74, 6) is -0.819. The van der Waals surface area contributed by atoms with Gasteiger partial charge in [0.25, 0.3) is 5.56 Å². The van der Waals surface area contributed by atoms with E-state index < -0.39 is 23.2 Å². The van der Waals surface area contributed by atoms with Crippen LogP contribution in [-0.4, -0.2) is 34.5 Å². The van der Waals surface area contributed by atoms with E-state index in [1.54, 1.807) is 20.0 Å². The molecule has 0 unspecified atom stereocenters. The van der Waals surface area contributed by atoms with Gasteiger partial charge in [-0.15, -0.1) is 0 Å². The first-order valence-corrected chi connectivity index (χ1v) is 10.7. The summed E-state index contributed by atoms with van der Waals surface area (Å²) in [4.78, 5) is 53.2. The summed E-state index contributed by atoms with van der Waals surface area (Å²) in [6.07, 6.45) is 1.60. The Morgan fingerprint density at radius 1 is 1.12 bits per heavy atom. The maximum absolute atomic E-state index is 13.3. The van der Waals surface area contributed by atoms with Gasteiger partial charge in [-0.3, -0.25) is 23.9 Å². The second kappa shape index (κ2) is 10.2. The maximum Gasteiger partial charge on any atom is 0.328 e. The average molecular weight is 499 g/mol. The number of aromatic amines is 1. The van der Waals surface area contributed by atoms with E-state index in [1.165, 1.54) is 11.1 Å². The molecular formula is C23H23BrN4O4. The molecule has 32 heavy (non-hydrogen) atoms. The van der Waals surface area contributed by atoms with E-state index >= 15 is 0 Å². The van der Waals surface area contributed by atoms with E-state index in [-0.39, 0.29) is 18.9 Å². The summed E-state index contributed by atoms with van der Waals surface area (Å²) in [6, 6.07) is 15.8. The third-order valence-electron chi connectivity index (χ3n) is 4.94. The molecule has 8 nitrogen and oxygen atoms in total. The molecule has 0 saturated carbocycles. The lowest BCUT2D eigenvalue weighted by Gasteiger charge is -2.25. The Bertz CT molecular complexity index is 1240. The minimum atomic E-state index is -0.853.